The molecule has 7 nitrogen and oxygen atoms in total. The highest BCUT2D eigenvalue weighted by Crippen LogP contribution is 2.51. The van der Waals surface area contributed by atoms with Gasteiger partial charge in [0, 0.05) is 31.6 Å². The Morgan fingerprint density at radius 2 is 1.49 bits per heavy atom. The van der Waals surface area contributed by atoms with E-state index in [4.69, 9.17) is 51.8 Å². The van der Waals surface area contributed by atoms with Crippen LogP contribution in [-0.2, 0) is 10.9 Å². The molecule has 0 N–H and O–H groups in total. The maximum absolute atomic E-state index is 13.1. The number of hydrogen-bond donors (Lipinski definition) is 0. The first kappa shape index (κ1) is 30.0. The molecule has 16 heteroatoms. The second-order valence-electron chi connectivity index (χ2n) is 11.5. The number of hydrogen-bond acceptors (Lipinski definition) is 6. The maximum Gasteiger partial charge on any atom is 0.434 e. The molecule has 0 bridgehead atoms. The van der Waals surface area contributed by atoms with Crippen molar-refractivity contribution in [1.29, 1.82) is 0 Å². The van der Waals surface area contributed by atoms with E-state index >= 15 is 0 Å². The number of anilines is 1. The Bertz CT molecular complexity index is 1300. The average molecular weight is 548 g/mol. The van der Waals surface area contributed by atoms with Gasteiger partial charge in [0.05, 0.1) is 32.3 Å². The van der Waals surface area contributed by atoms with Gasteiger partial charge in [0.25, 0.3) is 0 Å². The van der Waals surface area contributed by atoms with E-state index in [0.717, 1.165) is 12.4 Å². The number of carbonyl (C=O) groups is 1. The first-order valence-electron chi connectivity index (χ1n) is 13.3. The molecule has 1 saturated carbocycles. The molecule has 3 fully saturated rings. The summed E-state index contributed by atoms with van der Waals surface area (Å²) in [4.78, 5) is 26.0. The minimum Gasteiger partial charge on any atom is -0.446 e. The molecule has 3 aliphatic rings. The van der Waals surface area contributed by atoms with Crippen molar-refractivity contribution in [3.05, 3.63) is 23.7 Å². The van der Waals surface area contributed by atoms with E-state index in [1.807, 2.05) is 23.6 Å². The quantitative estimate of drug-likeness (QED) is 0.406. The number of benzene rings is 1. The molecule has 1 aliphatic carbocycles. The Morgan fingerprint density at radius 1 is 0.951 bits per heavy atom. The van der Waals surface area contributed by atoms with Crippen molar-refractivity contribution < 1.29 is 22.7 Å². The van der Waals surface area contributed by atoms with E-state index in [1.165, 1.54) is 0 Å². The van der Waals surface area contributed by atoms with Crippen LogP contribution in [0.5, 0.6) is 0 Å². The molecule has 2 saturated heterocycles. The minimum absolute atomic E-state index is 0.0197. The van der Waals surface area contributed by atoms with Crippen LogP contribution in [0.4, 0.5) is 23.8 Å². The fraction of sp³-hybridized carbons (Fsp3) is 0.560. The molecule has 1 spiro atoms. The van der Waals surface area contributed by atoms with Gasteiger partial charge >= 0.3 is 12.3 Å². The van der Waals surface area contributed by atoms with E-state index in [9.17, 15) is 18.0 Å². The van der Waals surface area contributed by atoms with Crippen molar-refractivity contribution in [3.63, 3.8) is 0 Å². The van der Waals surface area contributed by atoms with Gasteiger partial charge in [0.2, 0.25) is 0 Å². The molecule has 41 heavy (non-hydrogen) atoms. The van der Waals surface area contributed by atoms with Gasteiger partial charge in [-0.1, -0.05) is 5.56 Å². The van der Waals surface area contributed by atoms with Crippen molar-refractivity contribution in [1.82, 2.24) is 19.8 Å². The standard InChI is InChI=1S/C25H24B6F3N5O2/c1-11-7-37(15-6-35-14(5-36-15)25(32,33)34)8-12(2)39(11)23(40)41-13-3-24(4-13)9-38(10-24)22(31)16-17(26)19(28)21(30)20(29)18(16)27/h5-6,11-13,22H,3-4,7-10H2,1-2H3/t11-,12+,22?. The molecule has 3 atom stereocenters. The number of likely N-dealkylation sites (tertiary alicyclic amines) is 1. The zero-order valence-electron chi connectivity index (χ0n) is 22.9. The van der Waals surface area contributed by atoms with Crippen LogP contribution in [0.3, 0.4) is 0 Å². The summed E-state index contributed by atoms with van der Waals surface area (Å²) in [6, 6.07) is -0.505. The second kappa shape index (κ2) is 10.7. The maximum atomic E-state index is 13.1. The zero-order valence-corrected chi connectivity index (χ0v) is 22.9. The number of halogens is 3. The van der Waals surface area contributed by atoms with Crippen molar-refractivity contribution in [3.8, 4) is 0 Å². The van der Waals surface area contributed by atoms with Gasteiger partial charge in [-0.25, -0.2) is 14.8 Å². The van der Waals surface area contributed by atoms with Crippen LogP contribution >= 0.6 is 0 Å². The predicted octanol–water partition coefficient (Wildman–Crippen LogP) is -2.17. The van der Waals surface area contributed by atoms with Crippen LogP contribution in [0.1, 0.15) is 43.9 Å². The Morgan fingerprint density at radius 3 is 1.98 bits per heavy atom. The average Bonchev–Trinajstić information content (AvgIpc) is 2.86. The highest BCUT2D eigenvalue weighted by atomic mass is 19.4. The summed E-state index contributed by atoms with van der Waals surface area (Å²) in [7, 11) is 36.6. The van der Waals surface area contributed by atoms with E-state index in [-0.39, 0.29) is 50.9 Å². The topological polar surface area (TPSA) is 61.8 Å². The van der Waals surface area contributed by atoms with Gasteiger partial charge in [-0.2, -0.15) is 13.2 Å². The van der Waals surface area contributed by atoms with Gasteiger partial charge < -0.3 is 14.5 Å². The number of alkyl halides is 3. The number of nitrogens with zero attached hydrogens (tertiary/aromatic N) is 5. The monoisotopic (exact) mass is 549 g/mol. The third-order valence-corrected chi connectivity index (χ3v) is 8.48. The van der Waals surface area contributed by atoms with E-state index < -0.39 is 23.9 Å². The van der Waals surface area contributed by atoms with Crippen LogP contribution in [-0.4, -0.2) is 117 Å². The van der Waals surface area contributed by atoms with Crippen molar-refractivity contribution in [2.75, 3.05) is 31.1 Å². The first-order valence-corrected chi connectivity index (χ1v) is 13.3. The van der Waals surface area contributed by atoms with Crippen LogP contribution in [0.25, 0.3) is 0 Å². The number of ether oxygens (including phenoxy) is 1. The molecule has 12 radical (unpaired) electrons. The highest BCUT2D eigenvalue weighted by Gasteiger charge is 2.55. The Balaban J connectivity index is 1.13. The molecule has 2 aromatic rings. The van der Waals surface area contributed by atoms with Gasteiger partial charge in [-0.3, -0.25) is 4.90 Å². The number of aromatic nitrogens is 2. The Hall–Kier alpha value is -2.49. The molecule has 1 amide bonds. The predicted molar refractivity (Wildman–Crippen MR) is 155 cm³/mol. The van der Waals surface area contributed by atoms with Crippen LogP contribution in [0, 0.1) is 5.41 Å². The summed E-state index contributed by atoms with van der Waals surface area (Å²) >= 11 is 0. The lowest BCUT2D eigenvalue weighted by Gasteiger charge is -2.60. The fourth-order valence-electron chi connectivity index (χ4n) is 6.34. The SMILES string of the molecule is [B]c1c([B])c([B])c(C([B])N2CC3(CC(OC(=O)N4[C@H](C)CN(c5cnc(C(F)(F)F)cn5)C[C@@H]4C)C3)C2)c([B])c1[B]. The van der Waals surface area contributed by atoms with Crippen molar-refractivity contribution in [2.45, 2.75) is 57.0 Å². The summed E-state index contributed by atoms with van der Waals surface area (Å²) in [6.45, 7) is 5.84. The van der Waals surface area contributed by atoms with Gasteiger partial charge in [0.1, 0.15) is 51.2 Å². The molecule has 1 aromatic heterocycles. The molecule has 200 valence electrons. The smallest absolute Gasteiger partial charge is 0.434 e. The van der Waals surface area contributed by atoms with Crippen molar-refractivity contribution >= 4 is 86.3 Å². The van der Waals surface area contributed by atoms with Gasteiger partial charge in [-0.15, -0.1) is 27.3 Å². The lowest BCUT2D eigenvalue weighted by atomic mass is 9.56. The van der Waals surface area contributed by atoms with E-state index in [1.54, 1.807) is 4.90 Å². The fourth-order valence-corrected chi connectivity index (χ4v) is 6.34. The number of piperazine rings is 1. The molecule has 3 heterocycles. The minimum atomic E-state index is -4.56. The van der Waals surface area contributed by atoms with Crippen LogP contribution in [0.15, 0.2) is 12.4 Å². The highest BCUT2D eigenvalue weighted by molar-refractivity contribution is 6.67. The van der Waals surface area contributed by atoms with Gasteiger partial charge in [-0.05, 0) is 32.6 Å². The lowest BCUT2D eigenvalue weighted by Crippen LogP contribution is -2.67. The second-order valence-corrected chi connectivity index (χ2v) is 11.5. The van der Waals surface area contributed by atoms with Gasteiger partial charge in [0.15, 0.2) is 5.69 Å². The number of rotatable bonds is 4. The third-order valence-electron chi connectivity index (χ3n) is 8.48. The summed E-state index contributed by atoms with van der Waals surface area (Å²) in [5, 5.41) is 0. The summed E-state index contributed by atoms with van der Waals surface area (Å²) in [6.07, 6.45) is -1.97. The third kappa shape index (κ3) is 5.41. The summed E-state index contributed by atoms with van der Waals surface area (Å²) in [5.41, 5.74) is 0.275. The molecular formula is C25H24B6F3N5O2. The Kier molecular flexibility index (Phi) is 7.79. The van der Waals surface area contributed by atoms with Crippen LogP contribution in [0.2, 0.25) is 0 Å². The van der Waals surface area contributed by atoms with E-state index in [0.29, 0.717) is 50.4 Å². The largest absolute Gasteiger partial charge is 0.446 e. The summed E-state index contributed by atoms with van der Waals surface area (Å²) in [5.74, 6) is -0.286. The molecule has 5 rings (SSSR count). The molecule has 2 aliphatic heterocycles. The molecule has 1 unspecified atom stereocenters. The van der Waals surface area contributed by atoms with Crippen LogP contribution < -0.4 is 32.2 Å². The summed E-state index contributed by atoms with van der Waals surface area (Å²) < 4.78 is 44.3. The Labute approximate surface area is 245 Å². The van der Waals surface area contributed by atoms with E-state index in [2.05, 4.69) is 9.97 Å². The first-order chi connectivity index (χ1) is 19.1. The lowest BCUT2D eigenvalue weighted by molar-refractivity contribution is -0.141. The molecule has 1 aromatic carbocycles. The molecular weight excluding hydrogens is 524 g/mol. The van der Waals surface area contributed by atoms with Crippen molar-refractivity contribution in [2.24, 2.45) is 5.41 Å². The normalized spacial score (nSPS) is 23.6. The number of carbonyl (C=O) groups excluding carboxylic acids is 1. The number of amides is 1. The zero-order chi connectivity index (χ0) is 30.0.